The summed E-state index contributed by atoms with van der Waals surface area (Å²) >= 11 is 0. The summed E-state index contributed by atoms with van der Waals surface area (Å²) < 4.78 is 12.6. The molecular weight excluding hydrogens is 466 g/mol. The molecule has 1 N–H and O–H groups in total. The summed E-state index contributed by atoms with van der Waals surface area (Å²) in [7, 11) is 1.78. The number of aryl methyl sites for hydroxylation is 2. The van der Waals surface area contributed by atoms with Gasteiger partial charge in [0.1, 0.15) is 11.4 Å². The molecule has 0 bridgehead atoms. The number of nitrogens with zero attached hydrogens (tertiary/aromatic N) is 2. The molecule has 0 aliphatic heterocycles. The smallest absolute Gasteiger partial charge is 0.349 e. The van der Waals surface area contributed by atoms with Crippen LogP contribution in [-0.2, 0) is 35.0 Å². The van der Waals surface area contributed by atoms with E-state index in [1.165, 1.54) is 5.56 Å². The quantitative estimate of drug-likeness (QED) is 0.401. The Morgan fingerprint density at radius 2 is 1.62 bits per heavy atom. The highest BCUT2D eigenvalue weighted by Gasteiger charge is 2.32. The second kappa shape index (κ2) is 11.2. The number of benzene rings is 2. The van der Waals surface area contributed by atoms with Gasteiger partial charge in [-0.05, 0) is 67.5 Å². The maximum atomic E-state index is 12.9. The van der Waals surface area contributed by atoms with Crippen molar-refractivity contribution in [2.75, 3.05) is 6.61 Å². The Morgan fingerprint density at radius 3 is 2.22 bits per heavy atom. The minimum Gasteiger partial charge on any atom is -0.476 e. The molecule has 0 aliphatic rings. The molecule has 3 rings (SSSR count). The third kappa shape index (κ3) is 7.21. The number of carbonyl (C=O) groups excluding carboxylic acids is 2. The lowest BCUT2D eigenvalue weighted by molar-refractivity contribution is -0.158. The average Bonchev–Trinajstić information content (AvgIpc) is 3.18. The first-order valence-corrected chi connectivity index (χ1v) is 12.7. The van der Waals surface area contributed by atoms with Gasteiger partial charge in [-0.15, -0.1) is 0 Å². The van der Waals surface area contributed by atoms with Crippen molar-refractivity contribution in [2.24, 2.45) is 7.05 Å². The Balaban J connectivity index is 1.61. The Bertz CT molecular complexity index is 1250. The summed E-state index contributed by atoms with van der Waals surface area (Å²) in [6.45, 7) is 14.3. The number of nitrogens with one attached hydrogen (secondary N) is 1. The standard InChI is InChI=1S/C30H39N3O4/c1-9-36-28(35)30(6,7)37-26-15-12-22(16-20(26)2)19-31-27(34)25-18-24(32-33(25)8)17-21-10-13-23(14-11-21)29(3,4)5/h10-16,18H,9,17,19H2,1-8H3,(H,31,34). The van der Waals surface area contributed by atoms with Crippen molar-refractivity contribution in [1.29, 1.82) is 0 Å². The van der Waals surface area contributed by atoms with Crippen LogP contribution >= 0.6 is 0 Å². The molecule has 37 heavy (non-hydrogen) atoms. The molecule has 0 radical (unpaired) electrons. The van der Waals surface area contributed by atoms with Crippen LogP contribution in [0.5, 0.6) is 5.75 Å². The minimum absolute atomic E-state index is 0.111. The van der Waals surface area contributed by atoms with Gasteiger partial charge in [0.25, 0.3) is 5.91 Å². The van der Waals surface area contributed by atoms with Crippen LogP contribution < -0.4 is 10.1 Å². The van der Waals surface area contributed by atoms with Crippen LogP contribution in [0.4, 0.5) is 0 Å². The fraction of sp³-hybridized carbons (Fsp3) is 0.433. The van der Waals surface area contributed by atoms with E-state index in [-0.39, 0.29) is 11.3 Å². The molecule has 1 heterocycles. The van der Waals surface area contributed by atoms with Crippen LogP contribution in [0.2, 0.25) is 0 Å². The summed E-state index contributed by atoms with van der Waals surface area (Å²) in [4.78, 5) is 25.0. The molecule has 2 aromatic carbocycles. The van der Waals surface area contributed by atoms with E-state index in [2.05, 4.69) is 55.5 Å². The van der Waals surface area contributed by atoms with Crippen LogP contribution in [0, 0.1) is 6.92 Å². The van der Waals surface area contributed by atoms with Crippen molar-refractivity contribution in [3.8, 4) is 5.75 Å². The van der Waals surface area contributed by atoms with Crippen LogP contribution in [0.3, 0.4) is 0 Å². The summed E-state index contributed by atoms with van der Waals surface area (Å²) in [5.74, 6) is -0.00565. The van der Waals surface area contributed by atoms with Crippen molar-refractivity contribution in [3.63, 3.8) is 0 Å². The molecule has 3 aromatic rings. The van der Waals surface area contributed by atoms with Gasteiger partial charge in [-0.1, -0.05) is 57.2 Å². The van der Waals surface area contributed by atoms with Gasteiger partial charge in [0, 0.05) is 20.0 Å². The second-order valence-electron chi connectivity index (χ2n) is 10.9. The highest BCUT2D eigenvalue weighted by atomic mass is 16.6. The summed E-state index contributed by atoms with van der Waals surface area (Å²) in [6.07, 6.45) is 0.661. The number of aromatic nitrogens is 2. The number of esters is 1. The molecule has 0 fully saturated rings. The van der Waals surface area contributed by atoms with E-state index in [4.69, 9.17) is 9.47 Å². The lowest BCUT2D eigenvalue weighted by atomic mass is 9.86. The van der Waals surface area contributed by atoms with E-state index in [9.17, 15) is 9.59 Å². The zero-order chi connectivity index (χ0) is 27.4. The monoisotopic (exact) mass is 505 g/mol. The van der Waals surface area contributed by atoms with Crippen LogP contribution in [0.15, 0.2) is 48.5 Å². The van der Waals surface area contributed by atoms with E-state index >= 15 is 0 Å². The maximum Gasteiger partial charge on any atom is 0.349 e. The van der Waals surface area contributed by atoms with Gasteiger partial charge in [-0.3, -0.25) is 9.48 Å². The first-order valence-electron chi connectivity index (χ1n) is 12.7. The Kier molecular flexibility index (Phi) is 8.46. The van der Waals surface area contributed by atoms with Crippen LogP contribution in [0.25, 0.3) is 0 Å². The van der Waals surface area contributed by atoms with E-state index in [0.29, 0.717) is 31.0 Å². The van der Waals surface area contributed by atoms with Crippen molar-refractivity contribution in [1.82, 2.24) is 15.1 Å². The Morgan fingerprint density at radius 1 is 0.973 bits per heavy atom. The number of hydrogen-bond acceptors (Lipinski definition) is 5. The zero-order valence-corrected chi connectivity index (χ0v) is 23.3. The molecule has 0 spiro atoms. The highest BCUT2D eigenvalue weighted by molar-refractivity contribution is 5.92. The van der Waals surface area contributed by atoms with Crippen molar-refractivity contribution >= 4 is 11.9 Å². The third-order valence-electron chi connectivity index (χ3n) is 6.19. The molecule has 1 amide bonds. The number of carbonyl (C=O) groups is 2. The molecule has 0 saturated carbocycles. The predicted octanol–water partition coefficient (Wildman–Crippen LogP) is 5.27. The topological polar surface area (TPSA) is 82.4 Å². The average molecular weight is 506 g/mol. The van der Waals surface area contributed by atoms with Crippen molar-refractivity contribution in [2.45, 2.75) is 72.4 Å². The zero-order valence-electron chi connectivity index (χ0n) is 23.3. The van der Waals surface area contributed by atoms with Gasteiger partial charge in [0.15, 0.2) is 5.60 Å². The van der Waals surface area contributed by atoms with Gasteiger partial charge in [-0.2, -0.15) is 5.10 Å². The molecule has 7 heteroatoms. The fourth-order valence-electron chi connectivity index (χ4n) is 3.99. The Labute approximate surface area is 220 Å². The highest BCUT2D eigenvalue weighted by Crippen LogP contribution is 2.25. The molecule has 0 saturated heterocycles. The predicted molar refractivity (Wildman–Crippen MR) is 145 cm³/mol. The number of rotatable bonds is 9. The lowest BCUT2D eigenvalue weighted by Crippen LogP contribution is -2.39. The van der Waals surface area contributed by atoms with Gasteiger partial charge in [-0.25, -0.2) is 4.79 Å². The SMILES string of the molecule is CCOC(=O)C(C)(C)Oc1ccc(CNC(=O)c2cc(Cc3ccc(C(C)(C)C)cc3)nn2C)cc1C. The van der Waals surface area contributed by atoms with Crippen molar-refractivity contribution < 1.29 is 19.1 Å². The molecule has 0 atom stereocenters. The van der Waals surface area contributed by atoms with Crippen LogP contribution in [-0.4, -0.2) is 33.9 Å². The van der Waals surface area contributed by atoms with Gasteiger partial charge < -0.3 is 14.8 Å². The van der Waals surface area contributed by atoms with Crippen LogP contribution in [0.1, 0.15) is 80.0 Å². The van der Waals surface area contributed by atoms with Gasteiger partial charge >= 0.3 is 5.97 Å². The fourth-order valence-corrected chi connectivity index (χ4v) is 3.99. The molecule has 1 aromatic heterocycles. The molecular formula is C30H39N3O4. The van der Waals surface area contributed by atoms with Gasteiger partial charge in [0.05, 0.1) is 12.3 Å². The molecule has 0 unspecified atom stereocenters. The number of ether oxygens (including phenoxy) is 2. The maximum absolute atomic E-state index is 12.9. The van der Waals surface area contributed by atoms with E-state index < -0.39 is 11.6 Å². The second-order valence-corrected chi connectivity index (χ2v) is 10.9. The number of amides is 1. The van der Waals surface area contributed by atoms with E-state index in [1.54, 1.807) is 32.5 Å². The van der Waals surface area contributed by atoms with E-state index in [1.807, 2.05) is 31.2 Å². The van der Waals surface area contributed by atoms with E-state index in [0.717, 1.165) is 22.4 Å². The summed E-state index contributed by atoms with van der Waals surface area (Å²) in [5, 5.41) is 7.51. The molecule has 198 valence electrons. The minimum atomic E-state index is -1.09. The lowest BCUT2D eigenvalue weighted by Gasteiger charge is -2.25. The molecule has 7 nitrogen and oxygen atoms in total. The van der Waals surface area contributed by atoms with Gasteiger partial charge in [0.2, 0.25) is 0 Å². The normalized spacial score (nSPS) is 11.8. The third-order valence-corrected chi connectivity index (χ3v) is 6.19. The Hall–Kier alpha value is -3.61. The van der Waals surface area contributed by atoms with Crippen molar-refractivity contribution in [3.05, 3.63) is 82.2 Å². The largest absolute Gasteiger partial charge is 0.476 e. The number of hydrogen-bond donors (Lipinski definition) is 1. The summed E-state index contributed by atoms with van der Waals surface area (Å²) in [6, 6.07) is 16.0. The molecule has 0 aliphatic carbocycles. The summed E-state index contributed by atoms with van der Waals surface area (Å²) in [5.41, 5.74) is 4.60. The first-order chi connectivity index (χ1) is 17.3. The first kappa shape index (κ1) is 28.0.